The maximum Gasteiger partial charge on any atom is 0.417 e. The number of nitrogens with one attached hydrogen (secondary N) is 2. The minimum atomic E-state index is -0.543. The molecule has 1 aromatic carbocycles. The molecule has 0 atom stereocenters. The van der Waals surface area contributed by atoms with Crippen LogP contribution in [0, 0.1) is 11.3 Å². The van der Waals surface area contributed by atoms with E-state index >= 15 is 0 Å². The first kappa shape index (κ1) is 11.0. The molecule has 0 aliphatic carbocycles. The summed E-state index contributed by atoms with van der Waals surface area (Å²) in [5.41, 5.74) is 1.71. The van der Waals surface area contributed by atoms with E-state index in [-0.39, 0.29) is 5.56 Å². The summed E-state index contributed by atoms with van der Waals surface area (Å²) in [6, 6.07) is 8.48. The normalized spacial score (nSPS) is 10.5. The fraction of sp³-hybridized carbons (Fsp3) is 0. The maximum atomic E-state index is 11.6. The molecule has 0 radical (unpaired) electrons. The number of H-pyrrole nitrogens is 2. The Labute approximate surface area is 105 Å². The number of benzene rings is 1. The summed E-state index contributed by atoms with van der Waals surface area (Å²) in [4.78, 5) is 27.6. The molecule has 0 saturated heterocycles. The summed E-state index contributed by atoms with van der Waals surface area (Å²) in [7, 11) is 0. The number of hydrogen-bond donors (Lipinski definition) is 2. The van der Waals surface area contributed by atoms with Gasteiger partial charge in [0, 0.05) is 11.8 Å². The highest BCUT2D eigenvalue weighted by Crippen LogP contribution is 2.24. The van der Waals surface area contributed by atoms with Crippen molar-refractivity contribution in [1.82, 2.24) is 9.97 Å². The zero-order valence-electron chi connectivity index (χ0n) is 9.56. The number of aromatic amines is 2. The van der Waals surface area contributed by atoms with Crippen molar-refractivity contribution in [2.24, 2.45) is 0 Å². The van der Waals surface area contributed by atoms with E-state index in [0.29, 0.717) is 22.2 Å². The topological polar surface area (TPSA) is 103 Å². The van der Waals surface area contributed by atoms with Crippen LogP contribution in [-0.2, 0) is 0 Å². The zero-order chi connectivity index (χ0) is 13.4. The Kier molecular flexibility index (Phi) is 2.32. The lowest BCUT2D eigenvalue weighted by Crippen LogP contribution is -2.10. The first-order chi connectivity index (χ1) is 9.19. The monoisotopic (exact) mass is 253 g/mol. The standard InChI is InChI=1S/C13H7N3O3/c14-6-9-8(3-4-15-12(9)17)7-1-2-11-10(5-7)16-13(18)19-11/h1-5H,(H,15,17)(H,16,18). The van der Waals surface area contributed by atoms with Crippen molar-refractivity contribution in [2.45, 2.75) is 0 Å². The van der Waals surface area contributed by atoms with Gasteiger partial charge in [-0.3, -0.25) is 9.78 Å². The van der Waals surface area contributed by atoms with Gasteiger partial charge in [-0.15, -0.1) is 0 Å². The second kappa shape index (κ2) is 3.99. The Morgan fingerprint density at radius 2 is 2.05 bits per heavy atom. The van der Waals surface area contributed by atoms with E-state index in [0.717, 1.165) is 0 Å². The largest absolute Gasteiger partial charge is 0.417 e. The number of oxazole rings is 1. The molecule has 92 valence electrons. The van der Waals surface area contributed by atoms with Gasteiger partial charge >= 0.3 is 5.76 Å². The highest BCUT2D eigenvalue weighted by molar-refractivity contribution is 5.81. The quantitative estimate of drug-likeness (QED) is 0.683. The molecule has 0 amide bonds. The molecule has 0 bridgehead atoms. The summed E-state index contributed by atoms with van der Waals surface area (Å²) in [5, 5.41) is 9.03. The van der Waals surface area contributed by atoms with Crippen molar-refractivity contribution in [3.05, 3.63) is 56.9 Å². The van der Waals surface area contributed by atoms with Crippen molar-refractivity contribution < 1.29 is 4.42 Å². The first-order valence-corrected chi connectivity index (χ1v) is 5.44. The van der Waals surface area contributed by atoms with Gasteiger partial charge < -0.3 is 9.40 Å². The van der Waals surface area contributed by atoms with E-state index in [1.165, 1.54) is 6.20 Å². The van der Waals surface area contributed by atoms with Gasteiger partial charge in [0.15, 0.2) is 5.58 Å². The molecule has 0 unspecified atom stereocenters. The van der Waals surface area contributed by atoms with E-state index in [4.69, 9.17) is 9.68 Å². The van der Waals surface area contributed by atoms with Crippen molar-refractivity contribution in [3.8, 4) is 17.2 Å². The van der Waals surface area contributed by atoms with E-state index in [1.807, 2.05) is 6.07 Å². The minimum absolute atomic E-state index is 0.0349. The SMILES string of the molecule is N#Cc1c(-c2ccc3oc(=O)[nH]c3c2)cc[nH]c1=O. The fourth-order valence-corrected chi connectivity index (χ4v) is 1.95. The van der Waals surface area contributed by atoms with Gasteiger partial charge in [-0.25, -0.2) is 4.79 Å². The third kappa shape index (κ3) is 1.73. The number of rotatable bonds is 1. The van der Waals surface area contributed by atoms with Gasteiger partial charge in [0.2, 0.25) is 0 Å². The van der Waals surface area contributed by atoms with Crippen molar-refractivity contribution >= 4 is 11.1 Å². The van der Waals surface area contributed by atoms with Gasteiger partial charge in [0.25, 0.3) is 5.56 Å². The fourth-order valence-electron chi connectivity index (χ4n) is 1.95. The molecule has 0 aliphatic rings. The second-order valence-electron chi connectivity index (χ2n) is 3.93. The Balaban J connectivity index is 2.30. The molecule has 0 saturated carbocycles. The first-order valence-electron chi connectivity index (χ1n) is 5.44. The molecule has 2 heterocycles. The maximum absolute atomic E-state index is 11.6. The Morgan fingerprint density at radius 3 is 2.84 bits per heavy atom. The Hall–Kier alpha value is -3.07. The highest BCUT2D eigenvalue weighted by Gasteiger charge is 2.10. The molecule has 6 heteroatoms. The van der Waals surface area contributed by atoms with Crippen molar-refractivity contribution in [3.63, 3.8) is 0 Å². The summed E-state index contributed by atoms with van der Waals surface area (Å²) in [6.07, 6.45) is 1.47. The van der Waals surface area contributed by atoms with Crippen LogP contribution in [0.5, 0.6) is 0 Å². The van der Waals surface area contributed by atoms with Crippen LogP contribution in [0.15, 0.2) is 44.5 Å². The summed E-state index contributed by atoms with van der Waals surface area (Å²) in [5.74, 6) is -0.543. The van der Waals surface area contributed by atoms with Gasteiger partial charge in [-0.1, -0.05) is 6.07 Å². The summed E-state index contributed by atoms with van der Waals surface area (Å²) in [6.45, 7) is 0. The van der Waals surface area contributed by atoms with Crippen LogP contribution in [0.4, 0.5) is 0 Å². The summed E-state index contributed by atoms with van der Waals surface area (Å²) >= 11 is 0. The van der Waals surface area contributed by atoms with Crippen LogP contribution in [0.3, 0.4) is 0 Å². The lowest BCUT2D eigenvalue weighted by molar-refractivity contribution is 0.555. The molecule has 6 nitrogen and oxygen atoms in total. The molecule has 2 N–H and O–H groups in total. The van der Waals surface area contributed by atoms with E-state index in [2.05, 4.69) is 9.97 Å². The molecular formula is C13H7N3O3. The zero-order valence-corrected chi connectivity index (χ0v) is 9.56. The van der Waals surface area contributed by atoms with Gasteiger partial charge in [-0.05, 0) is 23.8 Å². The minimum Gasteiger partial charge on any atom is -0.408 e. The van der Waals surface area contributed by atoms with E-state index in [1.54, 1.807) is 24.3 Å². The number of nitrogens with zero attached hydrogens (tertiary/aromatic N) is 1. The molecule has 19 heavy (non-hydrogen) atoms. The molecule has 0 spiro atoms. The third-order valence-electron chi connectivity index (χ3n) is 2.80. The number of hydrogen-bond acceptors (Lipinski definition) is 4. The van der Waals surface area contributed by atoms with Crippen molar-refractivity contribution in [2.75, 3.05) is 0 Å². The van der Waals surface area contributed by atoms with E-state index < -0.39 is 11.3 Å². The lowest BCUT2D eigenvalue weighted by Gasteiger charge is -2.02. The third-order valence-corrected chi connectivity index (χ3v) is 2.80. The molecule has 3 rings (SSSR count). The highest BCUT2D eigenvalue weighted by atomic mass is 16.4. The smallest absolute Gasteiger partial charge is 0.408 e. The molecule has 3 aromatic rings. The predicted molar refractivity (Wildman–Crippen MR) is 67.6 cm³/mol. The number of aromatic nitrogens is 2. The number of fused-ring (bicyclic) bond motifs is 1. The van der Waals surface area contributed by atoms with Crippen LogP contribution in [0.25, 0.3) is 22.2 Å². The van der Waals surface area contributed by atoms with Crippen LogP contribution in [-0.4, -0.2) is 9.97 Å². The molecule has 0 fully saturated rings. The van der Waals surface area contributed by atoms with Crippen LogP contribution >= 0.6 is 0 Å². The lowest BCUT2D eigenvalue weighted by atomic mass is 10.0. The van der Waals surface area contributed by atoms with E-state index in [9.17, 15) is 9.59 Å². The predicted octanol–water partition coefficient (Wildman–Crippen LogP) is 1.35. The second-order valence-corrected chi connectivity index (χ2v) is 3.93. The Morgan fingerprint density at radius 1 is 1.21 bits per heavy atom. The molecule has 0 aliphatic heterocycles. The van der Waals surface area contributed by atoms with Gasteiger partial charge in [0.1, 0.15) is 11.6 Å². The molecular weight excluding hydrogens is 246 g/mol. The van der Waals surface area contributed by atoms with Crippen LogP contribution in [0.2, 0.25) is 0 Å². The Bertz CT molecular complexity index is 924. The van der Waals surface area contributed by atoms with Crippen molar-refractivity contribution in [1.29, 1.82) is 5.26 Å². The number of nitriles is 1. The average Bonchev–Trinajstić information content (AvgIpc) is 2.77. The van der Waals surface area contributed by atoms with Crippen LogP contribution < -0.4 is 11.3 Å². The van der Waals surface area contributed by atoms with Gasteiger partial charge in [0.05, 0.1) is 5.52 Å². The average molecular weight is 253 g/mol. The number of pyridine rings is 1. The van der Waals surface area contributed by atoms with Crippen LogP contribution in [0.1, 0.15) is 5.56 Å². The van der Waals surface area contributed by atoms with Gasteiger partial charge in [-0.2, -0.15) is 5.26 Å². The molecule has 2 aromatic heterocycles. The summed E-state index contributed by atoms with van der Waals surface area (Å²) < 4.78 is 4.90.